The molecule has 0 bridgehead atoms. The molecule has 170 valence electrons. The van der Waals surface area contributed by atoms with Gasteiger partial charge in [-0.3, -0.25) is 9.36 Å². The van der Waals surface area contributed by atoms with Gasteiger partial charge in [0.05, 0.1) is 34.2 Å². The Kier molecular flexibility index (Phi) is 6.50. The molecule has 0 aliphatic carbocycles. The summed E-state index contributed by atoms with van der Waals surface area (Å²) in [5.41, 5.74) is 0.877. The van der Waals surface area contributed by atoms with E-state index < -0.39 is 18.0 Å². The number of carboxylic acid groups (broad SMARTS) is 1. The normalized spacial score (nSPS) is 15.7. The third-order valence-corrected chi connectivity index (χ3v) is 7.14. The smallest absolute Gasteiger partial charge is 0.338 e. The molecule has 0 radical (unpaired) electrons. The van der Waals surface area contributed by atoms with E-state index in [4.69, 9.17) is 16.3 Å². The molecule has 0 spiro atoms. The predicted molar refractivity (Wildman–Crippen MR) is 128 cm³/mol. The van der Waals surface area contributed by atoms with Gasteiger partial charge in [0.2, 0.25) is 0 Å². The number of fused-ring (bicyclic) bond motifs is 1. The summed E-state index contributed by atoms with van der Waals surface area (Å²) in [4.78, 5) is 43.1. The Hall–Kier alpha value is -3.21. The van der Waals surface area contributed by atoms with Crippen LogP contribution in [0.5, 0.6) is 0 Å². The standard InChI is InChI=1S/C22H18ClN3O5S2/c1-3-31-21(30)17-11(2)25-22-26(18(17)15-5-4-8-32-15)19(27)16(33-22)10-24-14-9-12(20(28)29)6-7-13(14)23/h4-10,18,24H,3H2,1-2H3,(H,28,29)/b16-10-/t18-/m1/s1. The summed E-state index contributed by atoms with van der Waals surface area (Å²) in [6.07, 6.45) is 1.46. The van der Waals surface area contributed by atoms with Crippen molar-refractivity contribution in [2.75, 3.05) is 11.9 Å². The molecule has 2 aromatic heterocycles. The van der Waals surface area contributed by atoms with Crippen molar-refractivity contribution in [3.8, 4) is 0 Å². The highest BCUT2D eigenvalue weighted by Gasteiger charge is 2.33. The first-order valence-electron chi connectivity index (χ1n) is 9.82. The van der Waals surface area contributed by atoms with Crippen LogP contribution in [0.2, 0.25) is 5.02 Å². The number of esters is 1. The van der Waals surface area contributed by atoms with E-state index in [1.807, 2.05) is 17.5 Å². The van der Waals surface area contributed by atoms with Gasteiger partial charge in [-0.25, -0.2) is 14.6 Å². The number of carbonyl (C=O) groups excluding carboxylic acids is 1. The van der Waals surface area contributed by atoms with Crippen LogP contribution in [0.1, 0.15) is 35.1 Å². The lowest BCUT2D eigenvalue weighted by Gasteiger charge is -2.23. The quantitative estimate of drug-likeness (QED) is 0.500. The molecule has 0 fully saturated rings. The number of thiazole rings is 1. The van der Waals surface area contributed by atoms with Crippen molar-refractivity contribution in [1.82, 2.24) is 4.57 Å². The summed E-state index contributed by atoms with van der Waals surface area (Å²) in [6.45, 7) is 3.65. The van der Waals surface area contributed by atoms with Crippen LogP contribution in [0, 0.1) is 0 Å². The molecular formula is C22H18ClN3O5S2. The van der Waals surface area contributed by atoms with Crippen LogP contribution in [-0.2, 0) is 9.53 Å². The molecular weight excluding hydrogens is 486 g/mol. The Balaban J connectivity index is 1.83. The van der Waals surface area contributed by atoms with Gasteiger partial charge in [0.25, 0.3) is 5.56 Å². The van der Waals surface area contributed by atoms with Gasteiger partial charge in [-0.1, -0.05) is 29.0 Å². The Labute approximate surface area is 200 Å². The number of carbonyl (C=O) groups is 2. The molecule has 1 aliphatic rings. The molecule has 1 aromatic carbocycles. The van der Waals surface area contributed by atoms with E-state index in [-0.39, 0.29) is 17.7 Å². The van der Waals surface area contributed by atoms with Crippen LogP contribution < -0.4 is 20.2 Å². The first-order chi connectivity index (χ1) is 15.8. The lowest BCUT2D eigenvalue weighted by atomic mass is 10.0. The second-order valence-electron chi connectivity index (χ2n) is 6.96. The van der Waals surface area contributed by atoms with Crippen molar-refractivity contribution in [3.63, 3.8) is 0 Å². The Bertz CT molecular complexity index is 1450. The third kappa shape index (κ3) is 4.37. The minimum Gasteiger partial charge on any atom is -0.478 e. The monoisotopic (exact) mass is 503 g/mol. The van der Waals surface area contributed by atoms with Gasteiger partial charge in [0, 0.05) is 11.1 Å². The molecule has 11 heteroatoms. The molecule has 0 amide bonds. The fourth-order valence-corrected chi connectivity index (χ4v) is 5.38. The highest BCUT2D eigenvalue weighted by atomic mass is 35.5. The zero-order valence-electron chi connectivity index (χ0n) is 17.5. The van der Waals surface area contributed by atoms with E-state index >= 15 is 0 Å². The molecule has 4 rings (SSSR count). The number of allylic oxidation sites excluding steroid dienone is 1. The predicted octanol–water partition coefficient (Wildman–Crippen LogP) is 3.23. The number of rotatable bonds is 6. The number of nitrogens with zero attached hydrogens (tertiary/aromatic N) is 2. The maximum absolute atomic E-state index is 13.4. The summed E-state index contributed by atoms with van der Waals surface area (Å²) < 4.78 is 7.05. The molecule has 1 aliphatic heterocycles. The van der Waals surface area contributed by atoms with Crippen LogP contribution in [0.3, 0.4) is 0 Å². The maximum Gasteiger partial charge on any atom is 0.338 e. The second kappa shape index (κ2) is 9.34. The number of thiophene rings is 1. The summed E-state index contributed by atoms with van der Waals surface area (Å²) in [6, 6.07) is 7.31. The molecule has 3 aromatic rings. The van der Waals surface area contributed by atoms with E-state index in [2.05, 4.69) is 10.3 Å². The SMILES string of the molecule is CCOC(=O)C1=C(C)N=c2s/c(=C\Nc3cc(C(=O)O)ccc3Cl)c(=O)n2[C@@H]1c1cccs1. The Morgan fingerprint density at radius 3 is 2.82 bits per heavy atom. The minimum absolute atomic E-state index is 0.0594. The number of hydrogen-bond donors (Lipinski definition) is 2. The summed E-state index contributed by atoms with van der Waals surface area (Å²) in [7, 11) is 0. The third-order valence-electron chi connectivity index (χ3n) is 4.90. The van der Waals surface area contributed by atoms with Gasteiger partial charge in [-0.15, -0.1) is 11.3 Å². The summed E-state index contributed by atoms with van der Waals surface area (Å²) in [5.74, 6) is -1.60. The van der Waals surface area contributed by atoms with Crippen molar-refractivity contribution in [2.24, 2.45) is 4.99 Å². The summed E-state index contributed by atoms with van der Waals surface area (Å²) in [5, 5.41) is 14.3. The number of anilines is 1. The average molecular weight is 504 g/mol. The number of halogens is 1. The van der Waals surface area contributed by atoms with Gasteiger partial charge < -0.3 is 15.2 Å². The average Bonchev–Trinajstić information content (AvgIpc) is 3.40. The summed E-state index contributed by atoms with van der Waals surface area (Å²) >= 11 is 8.76. The topological polar surface area (TPSA) is 110 Å². The van der Waals surface area contributed by atoms with Crippen LogP contribution in [0.4, 0.5) is 5.69 Å². The van der Waals surface area contributed by atoms with Crippen molar-refractivity contribution >= 4 is 58.1 Å². The van der Waals surface area contributed by atoms with E-state index in [0.717, 1.165) is 16.2 Å². The first-order valence-corrected chi connectivity index (χ1v) is 11.9. The van der Waals surface area contributed by atoms with Gasteiger partial charge >= 0.3 is 11.9 Å². The van der Waals surface area contributed by atoms with Crippen molar-refractivity contribution in [3.05, 3.63) is 82.1 Å². The van der Waals surface area contributed by atoms with Crippen LogP contribution in [0.25, 0.3) is 6.20 Å². The fraction of sp³-hybridized carbons (Fsp3) is 0.182. The number of nitrogens with one attached hydrogen (secondary N) is 1. The lowest BCUT2D eigenvalue weighted by Crippen LogP contribution is -2.39. The van der Waals surface area contributed by atoms with Crippen molar-refractivity contribution < 1.29 is 19.4 Å². The van der Waals surface area contributed by atoms with Gasteiger partial charge in [0.15, 0.2) is 4.80 Å². The number of aromatic carboxylic acids is 1. The van der Waals surface area contributed by atoms with Crippen LogP contribution in [-0.4, -0.2) is 28.2 Å². The largest absolute Gasteiger partial charge is 0.478 e. The molecule has 3 heterocycles. The molecule has 0 saturated heterocycles. The lowest BCUT2D eigenvalue weighted by molar-refractivity contribution is -0.139. The number of aromatic nitrogens is 1. The number of hydrogen-bond acceptors (Lipinski definition) is 8. The highest BCUT2D eigenvalue weighted by Crippen LogP contribution is 2.33. The van der Waals surface area contributed by atoms with E-state index in [1.54, 1.807) is 13.8 Å². The van der Waals surface area contributed by atoms with Crippen molar-refractivity contribution in [2.45, 2.75) is 19.9 Å². The number of ether oxygens (including phenoxy) is 1. The molecule has 2 N–H and O–H groups in total. The number of benzene rings is 1. The fourth-order valence-electron chi connectivity index (χ4n) is 3.42. The van der Waals surface area contributed by atoms with E-state index in [9.17, 15) is 19.5 Å². The first kappa shape index (κ1) is 23.0. The van der Waals surface area contributed by atoms with Crippen LogP contribution in [0.15, 0.2) is 56.8 Å². The minimum atomic E-state index is -1.09. The number of carboxylic acids is 1. The zero-order chi connectivity index (χ0) is 23.7. The Morgan fingerprint density at radius 1 is 1.36 bits per heavy atom. The van der Waals surface area contributed by atoms with E-state index in [1.165, 1.54) is 40.3 Å². The molecule has 0 saturated carbocycles. The highest BCUT2D eigenvalue weighted by molar-refractivity contribution is 7.10. The zero-order valence-corrected chi connectivity index (χ0v) is 19.9. The van der Waals surface area contributed by atoms with Crippen molar-refractivity contribution in [1.29, 1.82) is 0 Å². The Morgan fingerprint density at radius 2 is 2.15 bits per heavy atom. The molecule has 33 heavy (non-hydrogen) atoms. The molecule has 1 atom stereocenters. The van der Waals surface area contributed by atoms with E-state index in [0.29, 0.717) is 31.3 Å². The van der Waals surface area contributed by atoms with Gasteiger partial charge in [-0.05, 0) is 43.5 Å². The van der Waals surface area contributed by atoms with Gasteiger partial charge in [-0.2, -0.15) is 0 Å². The molecule has 0 unspecified atom stereocenters. The molecule has 8 nitrogen and oxygen atoms in total. The maximum atomic E-state index is 13.4. The van der Waals surface area contributed by atoms with Gasteiger partial charge in [0.1, 0.15) is 10.6 Å². The van der Waals surface area contributed by atoms with Crippen LogP contribution >= 0.6 is 34.3 Å². The second-order valence-corrected chi connectivity index (χ2v) is 9.36.